The number of aromatic nitrogens is 2. The molecule has 0 fully saturated rings. The second kappa shape index (κ2) is 5.58. The first-order valence-electron chi connectivity index (χ1n) is 7.35. The number of hydrogen-bond donors (Lipinski definition) is 1. The fourth-order valence-corrected chi connectivity index (χ4v) is 2.63. The maximum atomic E-state index is 5.98. The summed E-state index contributed by atoms with van der Waals surface area (Å²) in [5.74, 6) is 0.983. The highest BCUT2D eigenvalue weighted by Crippen LogP contribution is 2.32. The van der Waals surface area contributed by atoms with Crippen molar-refractivity contribution in [2.45, 2.75) is 51.4 Å². The summed E-state index contributed by atoms with van der Waals surface area (Å²) in [6, 6.07) is 8.45. The van der Waals surface area contributed by atoms with Gasteiger partial charge in [-0.05, 0) is 44.2 Å². The molecule has 2 aromatic rings. The van der Waals surface area contributed by atoms with Gasteiger partial charge in [0, 0.05) is 0 Å². The fourth-order valence-electron chi connectivity index (χ4n) is 2.63. The monoisotopic (exact) mass is 287 g/mol. The molecule has 0 saturated carbocycles. The summed E-state index contributed by atoms with van der Waals surface area (Å²) < 4.78 is 11.2. The molecule has 1 atom stereocenters. The number of fused-ring (bicyclic) bond motifs is 1. The first kappa shape index (κ1) is 14.2. The third-order valence-electron chi connectivity index (χ3n) is 3.77. The number of hydrogen-bond acceptors (Lipinski definition) is 5. The van der Waals surface area contributed by atoms with Crippen LogP contribution in [-0.4, -0.2) is 10.1 Å². The lowest BCUT2D eigenvalue weighted by Crippen LogP contribution is -2.30. The molecular formula is C16H21N3O2. The van der Waals surface area contributed by atoms with Crippen molar-refractivity contribution in [1.82, 2.24) is 10.1 Å². The van der Waals surface area contributed by atoms with Crippen molar-refractivity contribution in [3.63, 3.8) is 0 Å². The largest absolute Gasteiger partial charge is 0.364 e. The van der Waals surface area contributed by atoms with Gasteiger partial charge in [0.25, 0.3) is 5.89 Å². The third kappa shape index (κ3) is 3.14. The summed E-state index contributed by atoms with van der Waals surface area (Å²) in [5, 5.41) is 3.90. The highest BCUT2D eigenvalue weighted by atomic mass is 16.5. The van der Waals surface area contributed by atoms with Gasteiger partial charge >= 0.3 is 0 Å². The number of nitrogens with zero attached hydrogens (tertiary/aromatic N) is 2. The van der Waals surface area contributed by atoms with Crippen LogP contribution in [0, 0.1) is 0 Å². The van der Waals surface area contributed by atoms with E-state index in [0.717, 1.165) is 19.3 Å². The van der Waals surface area contributed by atoms with Crippen LogP contribution in [0.5, 0.6) is 0 Å². The topological polar surface area (TPSA) is 74.2 Å². The molecule has 0 saturated heterocycles. The molecular weight excluding hydrogens is 266 g/mol. The molecule has 0 aliphatic heterocycles. The van der Waals surface area contributed by atoms with Crippen LogP contribution in [0.15, 0.2) is 28.8 Å². The zero-order valence-corrected chi connectivity index (χ0v) is 12.5. The van der Waals surface area contributed by atoms with Crippen LogP contribution in [-0.2, 0) is 23.3 Å². The lowest BCUT2D eigenvalue weighted by Gasteiger charge is -2.25. The quantitative estimate of drug-likeness (QED) is 0.936. The zero-order chi connectivity index (χ0) is 14.9. The van der Waals surface area contributed by atoms with E-state index in [4.69, 9.17) is 15.0 Å². The average Bonchev–Trinajstić information content (AvgIpc) is 2.94. The highest BCUT2D eigenvalue weighted by Gasteiger charge is 2.24. The van der Waals surface area contributed by atoms with Gasteiger partial charge in [0.15, 0.2) is 5.82 Å². The summed E-state index contributed by atoms with van der Waals surface area (Å²) in [6.07, 6.45) is 3.41. The van der Waals surface area contributed by atoms with E-state index in [2.05, 4.69) is 34.4 Å². The molecule has 0 bridgehead atoms. The van der Waals surface area contributed by atoms with Crippen molar-refractivity contribution in [2.24, 2.45) is 5.73 Å². The molecule has 5 nitrogen and oxygen atoms in total. The minimum Gasteiger partial charge on any atom is -0.364 e. The van der Waals surface area contributed by atoms with Gasteiger partial charge in [-0.2, -0.15) is 4.98 Å². The van der Waals surface area contributed by atoms with Crippen LogP contribution in [0.4, 0.5) is 0 Å². The molecule has 1 aliphatic carbocycles. The smallest absolute Gasteiger partial charge is 0.252 e. The molecule has 2 N–H and O–H groups in total. The average molecular weight is 287 g/mol. The summed E-state index contributed by atoms with van der Waals surface area (Å²) in [7, 11) is 0. The maximum Gasteiger partial charge on any atom is 0.252 e. The summed E-state index contributed by atoms with van der Waals surface area (Å²) in [6.45, 7) is 4.02. The lowest BCUT2D eigenvalue weighted by molar-refractivity contribution is 0.0145. The Morgan fingerprint density at radius 1 is 1.38 bits per heavy atom. The van der Waals surface area contributed by atoms with Gasteiger partial charge in [-0.25, -0.2) is 0 Å². The minimum atomic E-state index is -0.598. The van der Waals surface area contributed by atoms with Gasteiger partial charge in [-0.1, -0.05) is 29.4 Å². The molecule has 1 heterocycles. The Kier molecular flexibility index (Phi) is 3.78. The van der Waals surface area contributed by atoms with Crippen LogP contribution in [0.1, 0.15) is 55.6 Å². The van der Waals surface area contributed by atoms with Crippen LogP contribution < -0.4 is 5.73 Å². The third-order valence-corrected chi connectivity index (χ3v) is 3.77. The predicted molar refractivity (Wildman–Crippen MR) is 78.4 cm³/mol. The van der Waals surface area contributed by atoms with Crippen molar-refractivity contribution in [3.05, 3.63) is 47.1 Å². The molecule has 1 aromatic carbocycles. The molecule has 5 heteroatoms. The number of aryl methyl sites for hydroxylation is 1. The Morgan fingerprint density at radius 2 is 2.19 bits per heavy atom. The first-order chi connectivity index (χ1) is 10.0. The van der Waals surface area contributed by atoms with Crippen LogP contribution >= 0.6 is 0 Å². The van der Waals surface area contributed by atoms with Crippen molar-refractivity contribution in [3.8, 4) is 0 Å². The Morgan fingerprint density at radius 3 is 2.95 bits per heavy atom. The van der Waals surface area contributed by atoms with Gasteiger partial charge in [-0.15, -0.1) is 0 Å². The van der Waals surface area contributed by atoms with Gasteiger partial charge in [0.1, 0.15) is 6.61 Å². The molecule has 1 aromatic heterocycles. The van der Waals surface area contributed by atoms with Gasteiger partial charge in [-0.3, -0.25) is 0 Å². The second-order valence-electron chi connectivity index (χ2n) is 6.12. The van der Waals surface area contributed by atoms with Crippen LogP contribution in [0.2, 0.25) is 0 Å². The van der Waals surface area contributed by atoms with E-state index in [9.17, 15) is 0 Å². The Balaban J connectivity index is 1.68. The highest BCUT2D eigenvalue weighted by molar-refractivity contribution is 5.31. The van der Waals surface area contributed by atoms with Crippen molar-refractivity contribution >= 4 is 0 Å². The SMILES string of the molecule is CC(C)(N)c1noc(COC2CCCc3ccccc32)n1. The predicted octanol–water partition coefficient (Wildman–Crippen LogP) is 2.86. The summed E-state index contributed by atoms with van der Waals surface area (Å²) >= 11 is 0. The minimum absolute atomic E-state index is 0.108. The molecule has 0 spiro atoms. The molecule has 1 unspecified atom stereocenters. The fraction of sp³-hybridized carbons (Fsp3) is 0.500. The Bertz CT molecular complexity index is 616. The number of rotatable bonds is 4. The van der Waals surface area contributed by atoms with E-state index >= 15 is 0 Å². The van der Waals surface area contributed by atoms with Gasteiger partial charge in [0.05, 0.1) is 11.6 Å². The van der Waals surface area contributed by atoms with Crippen LogP contribution in [0.25, 0.3) is 0 Å². The molecule has 3 rings (SSSR count). The van der Waals surface area contributed by atoms with E-state index < -0.39 is 5.54 Å². The van der Waals surface area contributed by atoms with E-state index in [0.29, 0.717) is 18.3 Å². The van der Waals surface area contributed by atoms with Crippen molar-refractivity contribution in [1.29, 1.82) is 0 Å². The lowest BCUT2D eigenvalue weighted by atomic mass is 9.89. The summed E-state index contributed by atoms with van der Waals surface area (Å²) in [4.78, 5) is 4.29. The Labute approximate surface area is 124 Å². The molecule has 21 heavy (non-hydrogen) atoms. The molecule has 0 radical (unpaired) electrons. The van der Waals surface area contributed by atoms with E-state index in [-0.39, 0.29) is 6.10 Å². The maximum absolute atomic E-state index is 5.98. The van der Waals surface area contributed by atoms with Gasteiger partial charge in [0.2, 0.25) is 0 Å². The van der Waals surface area contributed by atoms with E-state index in [1.807, 2.05) is 13.8 Å². The Hall–Kier alpha value is -1.72. The summed E-state index contributed by atoms with van der Waals surface area (Å²) in [5.41, 5.74) is 8.01. The molecule has 112 valence electrons. The second-order valence-corrected chi connectivity index (χ2v) is 6.12. The standard InChI is InChI=1S/C16H21N3O2/c1-16(2,17)15-18-14(21-19-15)10-20-13-9-5-7-11-6-3-4-8-12(11)13/h3-4,6,8,13H,5,7,9-10,17H2,1-2H3. The first-order valence-corrected chi connectivity index (χ1v) is 7.35. The number of nitrogens with two attached hydrogens (primary N) is 1. The number of benzene rings is 1. The zero-order valence-electron chi connectivity index (χ0n) is 12.5. The normalized spacial score (nSPS) is 18.5. The van der Waals surface area contributed by atoms with Crippen LogP contribution in [0.3, 0.4) is 0 Å². The van der Waals surface area contributed by atoms with Crippen molar-refractivity contribution < 1.29 is 9.26 Å². The number of ether oxygens (including phenoxy) is 1. The van der Waals surface area contributed by atoms with Gasteiger partial charge < -0.3 is 15.0 Å². The molecule has 0 amide bonds. The van der Waals surface area contributed by atoms with Crippen molar-refractivity contribution in [2.75, 3.05) is 0 Å². The van der Waals surface area contributed by atoms with E-state index in [1.54, 1.807) is 0 Å². The van der Waals surface area contributed by atoms with E-state index in [1.165, 1.54) is 11.1 Å². The molecule has 1 aliphatic rings.